The number of hydrogen-bond acceptors (Lipinski definition) is 2. The predicted molar refractivity (Wildman–Crippen MR) is 30.0 cm³/mol. The van der Waals surface area contributed by atoms with Crippen LogP contribution in [0.2, 0.25) is 0 Å². The first-order chi connectivity index (χ1) is 3.66. The summed E-state index contributed by atoms with van der Waals surface area (Å²) in [5.74, 6) is -0.205. The van der Waals surface area contributed by atoms with Crippen LogP contribution in [0.4, 0.5) is 0 Å². The van der Waals surface area contributed by atoms with Crippen LogP contribution < -0.4 is 5.32 Å². The molecule has 3 heteroatoms. The topological polar surface area (TPSA) is 49.3 Å². The van der Waals surface area contributed by atoms with Crippen LogP contribution in [0.1, 0.15) is 6.92 Å². The molecule has 0 aromatic carbocycles. The van der Waals surface area contributed by atoms with Gasteiger partial charge in [-0.2, -0.15) is 0 Å². The smallest absolute Gasteiger partial charge is 0.221 e. The molecule has 0 aliphatic rings. The highest BCUT2D eigenvalue weighted by molar-refractivity contribution is 5.74. The van der Waals surface area contributed by atoms with Crippen LogP contribution in [0.3, 0.4) is 0 Å². The third-order valence-corrected chi connectivity index (χ3v) is 0.544. The monoisotopic (exact) mass is 115 g/mol. The fourth-order valence-electron chi connectivity index (χ4n) is 0.288. The van der Waals surface area contributed by atoms with Crippen LogP contribution in [0.5, 0.6) is 0 Å². The van der Waals surface area contributed by atoms with Crippen LogP contribution in [0, 0.1) is 0 Å². The van der Waals surface area contributed by atoms with Gasteiger partial charge < -0.3 is 10.4 Å². The second-order valence-corrected chi connectivity index (χ2v) is 1.44. The number of nitrogens with one attached hydrogen (secondary N) is 1. The quantitative estimate of drug-likeness (QED) is 0.515. The second-order valence-electron chi connectivity index (χ2n) is 1.44. The summed E-state index contributed by atoms with van der Waals surface area (Å²) in [6.07, 6.45) is 0. The van der Waals surface area contributed by atoms with Crippen LogP contribution in [0.15, 0.2) is 12.3 Å². The fraction of sp³-hybridized carbons (Fsp3) is 0.400. The number of carbonyl (C=O) groups excluding carboxylic acids is 1. The van der Waals surface area contributed by atoms with Gasteiger partial charge in [-0.15, -0.1) is 0 Å². The molecule has 1 amide bonds. The molecule has 0 fully saturated rings. The summed E-state index contributed by atoms with van der Waals surface area (Å²) in [6.45, 7) is 4.50. The van der Waals surface area contributed by atoms with E-state index < -0.39 is 0 Å². The highest BCUT2D eigenvalue weighted by Crippen LogP contribution is 1.77. The van der Waals surface area contributed by atoms with Crippen molar-refractivity contribution in [3.63, 3.8) is 0 Å². The molecule has 2 N–H and O–H groups in total. The average Bonchev–Trinajstić information content (AvgIpc) is 1.65. The SMILES string of the molecule is C=C(CO)NC(C)=O. The molecule has 0 aromatic heterocycles. The molecule has 0 radical (unpaired) electrons. The third-order valence-electron chi connectivity index (χ3n) is 0.544. The predicted octanol–water partition coefficient (Wildman–Crippen LogP) is -0.372. The van der Waals surface area contributed by atoms with Crippen molar-refractivity contribution in [3.05, 3.63) is 12.3 Å². The van der Waals surface area contributed by atoms with E-state index in [1.807, 2.05) is 0 Å². The van der Waals surface area contributed by atoms with Crippen LogP contribution in [0.25, 0.3) is 0 Å². The van der Waals surface area contributed by atoms with Gasteiger partial charge >= 0.3 is 0 Å². The molecule has 0 heterocycles. The first-order valence-corrected chi connectivity index (χ1v) is 2.23. The minimum atomic E-state index is -0.205. The molecular formula is C5H9NO2. The summed E-state index contributed by atoms with van der Waals surface area (Å²) in [4.78, 5) is 10.1. The molecular weight excluding hydrogens is 106 g/mol. The Morgan fingerprint density at radius 3 is 2.50 bits per heavy atom. The Kier molecular flexibility index (Phi) is 2.88. The van der Waals surface area contributed by atoms with Crippen molar-refractivity contribution in [1.29, 1.82) is 0 Å². The van der Waals surface area contributed by atoms with E-state index in [9.17, 15) is 4.79 Å². The van der Waals surface area contributed by atoms with E-state index in [1.54, 1.807) is 0 Å². The van der Waals surface area contributed by atoms with Crippen molar-refractivity contribution >= 4 is 5.91 Å². The van der Waals surface area contributed by atoms with Crippen molar-refractivity contribution in [2.45, 2.75) is 6.92 Å². The molecule has 0 atom stereocenters. The zero-order valence-electron chi connectivity index (χ0n) is 4.77. The first kappa shape index (κ1) is 7.17. The summed E-state index contributed by atoms with van der Waals surface area (Å²) in [5, 5.41) is 10.6. The molecule has 0 rings (SSSR count). The van der Waals surface area contributed by atoms with Gasteiger partial charge in [0.2, 0.25) is 5.91 Å². The van der Waals surface area contributed by atoms with E-state index in [2.05, 4.69) is 11.9 Å². The number of rotatable bonds is 2. The molecule has 0 aromatic rings. The molecule has 8 heavy (non-hydrogen) atoms. The van der Waals surface area contributed by atoms with Crippen LogP contribution in [-0.4, -0.2) is 17.6 Å². The highest BCUT2D eigenvalue weighted by Gasteiger charge is 1.90. The first-order valence-electron chi connectivity index (χ1n) is 2.23. The van der Waals surface area contributed by atoms with Gasteiger partial charge in [-0.25, -0.2) is 0 Å². The van der Waals surface area contributed by atoms with Gasteiger partial charge in [0.15, 0.2) is 0 Å². The average molecular weight is 115 g/mol. The van der Waals surface area contributed by atoms with E-state index in [-0.39, 0.29) is 12.5 Å². The van der Waals surface area contributed by atoms with Crippen molar-refractivity contribution < 1.29 is 9.90 Å². The zero-order valence-corrected chi connectivity index (χ0v) is 4.77. The lowest BCUT2D eigenvalue weighted by atomic mass is 10.5. The van der Waals surface area contributed by atoms with Gasteiger partial charge in [0.1, 0.15) is 0 Å². The standard InChI is InChI=1S/C5H9NO2/c1-4(3-7)6-5(2)8/h7H,1,3H2,2H3,(H,6,8). The Hall–Kier alpha value is -0.830. The van der Waals surface area contributed by atoms with Gasteiger partial charge in [-0.1, -0.05) is 6.58 Å². The van der Waals surface area contributed by atoms with Crippen LogP contribution in [-0.2, 0) is 4.79 Å². The van der Waals surface area contributed by atoms with Crippen molar-refractivity contribution in [2.24, 2.45) is 0 Å². The summed E-state index contributed by atoms with van der Waals surface area (Å²) >= 11 is 0. The maximum absolute atomic E-state index is 10.1. The lowest BCUT2D eigenvalue weighted by Crippen LogP contribution is -2.20. The maximum Gasteiger partial charge on any atom is 0.221 e. The van der Waals surface area contributed by atoms with E-state index >= 15 is 0 Å². The Morgan fingerprint density at radius 1 is 1.88 bits per heavy atom. The van der Waals surface area contributed by atoms with E-state index in [1.165, 1.54) is 6.92 Å². The Morgan fingerprint density at radius 2 is 2.38 bits per heavy atom. The van der Waals surface area contributed by atoms with Gasteiger partial charge in [0, 0.05) is 12.6 Å². The maximum atomic E-state index is 10.1. The second kappa shape index (κ2) is 3.21. The minimum Gasteiger partial charge on any atom is -0.390 e. The molecule has 46 valence electrons. The van der Waals surface area contributed by atoms with Gasteiger partial charge in [0.25, 0.3) is 0 Å². The zero-order chi connectivity index (χ0) is 6.57. The van der Waals surface area contributed by atoms with Crippen molar-refractivity contribution in [2.75, 3.05) is 6.61 Å². The molecule has 0 aliphatic carbocycles. The Bertz CT molecular complexity index is 109. The van der Waals surface area contributed by atoms with E-state index in [4.69, 9.17) is 5.11 Å². The minimum absolute atomic E-state index is 0.195. The molecule has 0 aliphatic heterocycles. The molecule has 0 bridgehead atoms. The largest absolute Gasteiger partial charge is 0.390 e. The highest BCUT2D eigenvalue weighted by atomic mass is 16.3. The Balaban J connectivity index is 3.40. The van der Waals surface area contributed by atoms with E-state index in [0.29, 0.717) is 5.70 Å². The van der Waals surface area contributed by atoms with Crippen molar-refractivity contribution in [1.82, 2.24) is 5.32 Å². The summed E-state index contributed by atoms with van der Waals surface area (Å²) < 4.78 is 0. The van der Waals surface area contributed by atoms with Gasteiger partial charge in [-0.05, 0) is 0 Å². The molecule has 0 unspecified atom stereocenters. The van der Waals surface area contributed by atoms with Crippen molar-refractivity contribution in [3.8, 4) is 0 Å². The normalized spacial score (nSPS) is 8.25. The fourth-order valence-corrected chi connectivity index (χ4v) is 0.288. The lowest BCUT2D eigenvalue weighted by molar-refractivity contribution is -0.118. The Labute approximate surface area is 48.0 Å². The third kappa shape index (κ3) is 3.36. The molecule has 3 nitrogen and oxygen atoms in total. The molecule has 0 spiro atoms. The number of hydrogen-bond donors (Lipinski definition) is 2. The number of aliphatic hydroxyl groups excluding tert-OH is 1. The molecule has 0 saturated heterocycles. The lowest BCUT2D eigenvalue weighted by Gasteiger charge is -1.98. The summed E-state index contributed by atoms with van der Waals surface area (Å²) in [7, 11) is 0. The van der Waals surface area contributed by atoms with Crippen LogP contribution >= 0.6 is 0 Å². The number of aliphatic hydroxyl groups is 1. The number of carbonyl (C=O) groups is 1. The van der Waals surface area contributed by atoms with E-state index in [0.717, 1.165) is 0 Å². The summed E-state index contributed by atoms with van der Waals surface area (Å²) in [5.41, 5.74) is 0.331. The van der Waals surface area contributed by atoms with Gasteiger partial charge in [0.05, 0.1) is 6.61 Å². The number of amides is 1. The van der Waals surface area contributed by atoms with Gasteiger partial charge in [-0.3, -0.25) is 4.79 Å². The summed E-state index contributed by atoms with van der Waals surface area (Å²) in [6, 6.07) is 0. The molecule has 0 saturated carbocycles.